The molecule has 0 fully saturated rings. The molecule has 2 N–H and O–H groups in total. The largest absolute Gasteiger partial charge is 0.379 e. The van der Waals surface area contributed by atoms with E-state index in [4.69, 9.17) is 42.6 Å². The topological polar surface area (TPSA) is 107 Å². The molecule has 0 aromatic rings. The number of rotatable bonds is 34. The maximum absolute atomic E-state index is 6.12. The van der Waals surface area contributed by atoms with Gasteiger partial charge in [-0.25, -0.2) is 0 Å². The van der Waals surface area contributed by atoms with Crippen molar-refractivity contribution in [3.63, 3.8) is 0 Å². The molecule has 0 aromatic carbocycles. The molecule has 11 heteroatoms. The van der Waals surface area contributed by atoms with Crippen LogP contribution >= 0.6 is 0 Å². The van der Waals surface area contributed by atoms with Crippen molar-refractivity contribution in [2.75, 3.05) is 125 Å². The van der Waals surface area contributed by atoms with Gasteiger partial charge < -0.3 is 53.3 Å². The lowest BCUT2D eigenvalue weighted by atomic mass is 9.81. The monoisotopic (exact) mass is 681 g/mol. The zero-order chi connectivity index (χ0) is 35.3. The average molecular weight is 681 g/mol. The highest BCUT2D eigenvalue weighted by Crippen LogP contribution is 2.31. The van der Waals surface area contributed by atoms with E-state index in [1.807, 2.05) is 0 Å². The van der Waals surface area contributed by atoms with E-state index in [-0.39, 0.29) is 22.1 Å². The second-order valence-electron chi connectivity index (χ2n) is 15.3. The van der Waals surface area contributed by atoms with E-state index in [2.05, 4.69) is 79.9 Å². The van der Waals surface area contributed by atoms with Crippen LogP contribution in [0, 0.1) is 5.41 Å². The summed E-state index contributed by atoms with van der Waals surface area (Å²) in [5.74, 6) is 0. The van der Waals surface area contributed by atoms with Crippen LogP contribution in [-0.4, -0.2) is 142 Å². The van der Waals surface area contributed by atoms with E-state index >= 15 is 0 Å². The average Bonchev–Trinajstić information content (AvgIpc) is 2.97. The maximum Gasteiger partial charge on any atom is 0.0707 e. The van der Waals surface area contributed by atoms with Crippen LogP contribution < -0.4 is 10.6 Å². The van der Waals surface area contributed by atoms with Gasteiger partial charge in [0.25, 0.3) is 0 Å². The van der Waals surface area contributed by atoms with Crippen molar-refractivity contribution in [3.05, 3.63) is 0 Å². The molecule has 0 bridgehead atoms. The van der Waals surface area contributed by atoms with Crippen molar-refractivity contribution in [2.24, 2.45) is 5.41 Å². The summed E-state index contributed by atoms with van der Waals surface area (Å²) in [5.41, 5.74) is 0.215. The molecule has 0 heterocycles. The Labute approximate surface area is 289 Å². The van der Waals surface area contributed by atoms with Crippen LogP contribution in [0.3, 0.4) is 0 Å². The minimum Gasteiger partial charge on any atom is -0.379 e. The maximum atomic E-state index is 6.12. The third-order valence-corrected chi connectivity index (χ3v) is 7.08. The molecule has 0 aliphatic heterocycles. The van der Waals surface area contributed by atoms with E-state index in [1.54, 1.807) is 0 Å². The first-order chi connectivity index (χ1) is 22.1. The standard InChI is InChI=1S/C36H76N2O9/c1-33(2,3)37-14-17-40-20-23-43-26-25-42-22-19-39-16-13-35(7,8)11-12-36(9,10)47-32-31-46-30-29-45-28-27-44-24-21-41-18-15-38-34(4,5)6/h37-38H,11-32H2,1-10H3. The first-order valence-corrected chi connectivity index (χ1v) is 17.9. The number of hydrogen-bond acceptors (Lipinski definition) is 11. The number of nitrogens with one attached hydrogen (secondary N) is 2. The quantitative estimate of drug-likeness (QED) is 0.0908. The van der Waals surface area contributed by atoms with Crippen LogP contribution in [0.15, 0.2) is 0 Å². The summed E-state index contributed by atoms with van der Waals surface area (Å²) in [6, 6.07) is 0. The molecule has 11 nitrogen and oxygen atoms in total. The molecule has 0 saturated heterocycles. The minimum absolute atomic E-state index is 0.120. The molecule has 0 spiro atoms. The van der Waals surface area contributed by atoms with Gasteiger partial charge in [-0.3, -0.25) is 0 Å². The van der Waals surface area contributed by atoms with Crippen molar-refractivity contribution >= 4 is 0 Å². The normalized spacial score (nSPS) is 13.1. The smallest absolute Gasteiger partial charge is 0.0707 e. The molecule has 0 aliphatic rings. The molecular formula is C36H76N2O9. The zero-order valence-corrected chi connectivity index (χ0v) is 32.2. The Morgan fingerprint density at radius 2 is 0.617 bits per heavy atom. The van der Waals surface area contributed by atoms with Crippen molar-refractivity contribution in [1.82, 2.24) is 10.6 Å². The van der Waals surface area contributed by atoms with Crippen molar-refractivity contribution in [2.45, 2.75) is 105 Å². The van der Waals surface area contributed by atoms with E-state index < -0.39 is 0 Å². The second kappa shape index (κ2) is 28.3. The van der Waals surface area contributed by atoms with Gasteiger partial charge in [-0.05, 0) is 80.1 Å². The van der Waals surface area contributed by atoms with Gasteiger partial charge in [-0.1, -0.05) is 13.8 Å². The third kappa shape index (κ3) is 38.2. The Morgan fingerprint density at radius 1 is 0.319 bits per heavy atom. The predicted molar refractivity (Wildman–Crippen MR) is 190 cm³/mol. The Bertz CT molecular complexity index is 682. The molecule has 0 saturated carbocycles. The first kappa shape index (κ1) is 46.6. The lowest BCUT2D eigenvalue weighted by molar-refractivity contribution is -0.0630. The van der Waals surface area contributed by atoms with E-state index in [9.17, 15) is 0 Å². The van der Waals surface area contributed by atoms with E-state index in [0.29, 0.717) is 106 Å². The van der Waals surface area contributed by atoms with Crippen LogP contribution in [0.4, 0.5) is 0 Å². The van der Waals surface area contributed by atoms with Gasteiger partial charge in [0.05, 0.1) is 111 Å². The Balaban J connectivity index is 3.53. The summed E-state index contributed by atoms with van der Waals surface area (Å²) in [6.45, 7) is 33.5. The first-order valence-electron chi connectivity index (χ1n) is 17.9. The van der Waals surface area contributed by atoms with E-state index in [1.165, 1.54) is 0 Å². The van der Waals surface area contributed by atoms with Crippen molar-refractivity contribution in [1.29, 1.82) is 0 Å². The van der Waals surface area contributed by atoms with Crippen LogP contribution in [-0.2, 0) is 42.6 Å². The predicted octanol–water partition coefficient (Wildman–Crippen LogP) is 4.89. The molecule has 47 heavy (non-hydrogen) atoms. The summed E-state index contributed by atoms with van der Waals surface area (Å²) in [4.78, 5) is 0. The third-order valence-electron chi connectivity index (χ3n) is 7.08. The van der Waals surface area contributed by atoms with Crippen molar-refractivity contribution < 1.29 is 42.6 Å². The van der Waals surface area contributed by atoms with Gasteiger partial charge in [0.2, 0.25) is 0 Å². The van der Waals surface area contributed by atoms with E-state index in [0.717, 1.165) is 39.0 Å². The van der Waals surface area contributed by atoms with Gasteiger partial charge in [-0.2, -0.15) is 0 Å². The second-order valence-corrected chi connectivity index (χ2v) is 15.3. The molecule has 284 valence electrons. The lowest BCUT2D eigenvalue weighted by Crippen LogP contribution is -2.38. The van der Waals surface area contributed by atoms with Crippen LogP contribution in [0.1, 0.15) is 88.5 Å². The molecule has 0 radical (unpaired) electrons. The summed E-state index contributed by atoms with van der Waals surface area (Å²) < 4.78 is 50.9. The van der Waals surface area contributed by atoms with Gasteiger partial charge in [0, 0.05) is 30.8 Å². The highest BCUT2D eigenvalue weighted by atomic mass is 16.6. The highest BCUT2D eigenvalue weighted by Gasteiger charge is 2.25. The highest BCUT2D eigenvalue weighted by molar-refractivity contribution is 4.76. The summed E-state index contributed by atoms with van der Waals surface area (Å²) in [7, 11) is 0. The molecule has 0 atom stereocenters. The molecule has 0 amide bonds. The van der Waals surface area contributed by atoms with Gasteiger partial charge in [0.1, 0.15) is 0 Å². The van der Waals surface area contributed by atoms with Gasteiger partial charge >= 0.3 is 0 Å². The Kier molecular flexibility index (Phi) is 28.0. The number of ether oxygens (including phenoxy) is 9. The summed E-state index contributed by atoms with van der Waals surface area (Å²) in [6.07, 6.45) is 3.03. The fourth-order valence-electron chi connectivity index (χ4n) is 4.08. The van der Waals surface area contributed by atoms with Crippen LogP contribution in [0.25, 0.3) is 0 Å². The van der Waals surface area contributed by atoms with Crippen LogP contribution in [0.2, 0.25) is 0 Å². The van der Waals surface area contributed by atoms with Gasteiger partial charge in [0.15, 0.2) is 0 Å². The number of hydrogen-bond donors (Lipinski definition) is 2. The molecule has 0 rings (SSSR count). The molecule has 0 aliphatic carbocycles. The fourth-order valence-corrected chi connectivity index (χ4v) is 4.08. The fraction of sp³-hybridized carbons (Fsp3) is 1.00. The molecule has 0 aromatic heterocycles. The Morgan fingerprint density at radius 3 is 0.957 bits per heavy atom. The van der Waals surface area contributed by atoms with Crippen LogP contribution in [0.5, 0.6) is 0 Å². The molecule has 0 unspecified atom stereocenters. The van der Waals surface area contributed by atoms with Crippen molar-refractivity contribution in [3.8, 4) is 0 Å². The minimum atomic E-state index is -0.201. The summed E-state index contributed by atoms with van der Waals surface area (Å²) in [5, 5.41) is 6.78. The SMILES string of the molecule is CC(C)(CCOCCOCCOCCOCCNC(C)(C)C)CCC(C)(C)OCCOCCOCCOCCOCCNC(C)(C)C. The molecular weight excluding hydrogens is 604 g/mol. The van der Waals surface area contributed by atoms with Gasteiger partial charge in [-0.15, -0.1) is 0 Å². The lowest BCUT2D eigenvalue weighted by Gasteiger charge is -2.31. The Hall–Kier alpha value is -0.440. The summed E-state index contributed by atoms with van der Waals surface area (Å²) >= 11 is 0. The zero-order valence-electron chi connectivity index (χ0n) is 32.2.